The standard InChI is InChI=1S/C27H41NO6S.C9H11F2N3O4/c1-15-9-8-10-27(7)22(34-27)12-20(16(2)11-19-14-35-18(4)28-19)33-23(30)13-21(29)26(5,6)25(32)17(3)24(15)31;10-9(11)6(16)4(3-15)18-7(9)14-2-1-5(12)13-8(14)17/h11,14-15,17,20-22,24,29,31H,8-10,12-13H2,1-7H3;1-2,4,6-7,15-16H,3H2,(H2,12,13,17)/b16-11+;/t15-,17+,20-,21-,22-,24-,27+;4-,6-,7-/m01/s1. The minimum Gasteiger partial charge on any atom is -0.458 e. The molecule has 0 radical (unpaired) electrons. The number of rotatable bonds is 4. The number of Topliss-reactive ketones (excluding diaryl/α,β-unsaturated/α-hetero) is 1. The quantitative estimate of drug-likeness (QED) is 0.223. The number of aryl methyl sites for hydroxylation is 1. The number of carbonyl (C=O) groups excluding carboxylic acids is 2. The summed E-state index contributed by atoms with van der Waals surface area (Å²) < 4.78 is 44.6. The smallest absolute Gasteiger partial charge is 0.351 e. The molecule has 0 unspecified atom stereocenters. The number of nitrogens with zero attached hydrogens (tertiary/aromatic N) is 3. The monoisotopic (exact) mass is 770 g/mol. The highest BCUT2D eigenvalue weighted by Gasteiger charge is 2.59. The van der Waals surface area contributed by atoms with E-state index in [0.717, 1.165) is 47.8 Å². The average Bonchev–Trinajstić information content (AvgIpc) is 3.41. The number of epoxide rings is 1. The number of aliphatic hydroxyl groups is 4. The van der Waals surface area contributed by atoms with Crippen molar-refractivity contribution in [1.82, 2.24) is 14.5 Å². The molecule has 0 spiro atoms. The van der Waals surface area contributed by atoms with Gasteiger partial charge in [0.2, 0.25) is 6.23 Å². The summed E-state index contributed by atoms with van der Waals surface area (Å²) in [6.45, 7) is 12.0. The number of ketones is 1. The van der Waals surface area contributed by atoms with Crippen LogP contribution in [0.5, 0.6) is 0 Å². The van der Waals surface area contributed by atoms with Crippen LogP contribution in [0.3, 0.4) is 0 Å². The Kier molecular flexibility index (Phi) is 13.4. The van der Waals surface area contributed by atoms with Crippen LogP contribution >= 0.6 is 11.3 Å². The van der Waals surface area contributed by atoms with E-state index in [1.54, 1.807) is 32.1 Å². The van der Waals surface area contributed by atoms with Crippen molar-refractivity contribution < 1.29 is 53.0 Å². The Balaban J connectivity index is 0.000000291. The van der Waals surface area contributed by atoms with Crippen LogP contribution in [0.1, 0.15) is 90.6 Å². The van der Waals surface area contributed by atoms with E-state index in [-0.39, 0.29) is 35.6 Å². The fraction of sp³-hybridized carbons (Fsp3) is 0.694. The lowest BCUT2D eigenvalue weighted by Gasteiger charge is -2.34. The summed E-state index contributed by atoms with van der Waals surface area (Å²) in [7, 11) is 0. The first-order valence-electron chi connectivity index (χ1n) is 17.7. The Bertz CT molecular complexity index is 1700. The molecule has 3 fully saturated rings. The molecule has 53 heavy (non-hydrogen) atoms. The van der Waals surface area contributed by atoms with Crippen molar-refractivity contribution >= 4 is 35.0 Å². The molecule has 0 saturated carbocycles. The Morgan fingerprint density at radius 2 is 1.83 bits per heavy atom. The summed E-state index contributed by atoms with van der Waals surface area (Å²) >= 11 is 1.56. The first-order chi connectivity index (χ1) is 24.6. The maximum absolute atomic E-state index is 13.7. The number of aromatic nitrogens is 3. The Labute approximate surface area is 311 Å². The van der Waals surface area contributed by atoms with Crippen LogP contribution in [-0.2, 0) is 23.8 Å². The number of nitrogen functional groups attached to an aromatic ring is 1. The van der Waals surface area contributed by atoms with Crippen LogP contribution in [0.4, 0.5) is 14.6 Å². The van der Waals surface area contributed by atoms with Gasteiger partial charge in [0.05, 0.1) is 53.1 Å². The number of fused-ring (bicyclic) bond motifs is 1. The minimum absolute atomic E-state index is 0.0455. The van der Waals surface area contributed by atoms with Crippen molar-refractivity contribution in [2.75, 3.05) is 12.3 Å². The van der Waals surface area contributed by atoms with Crippen molar-refractivity contribution in [2.45, 2.75) is 135 Å². The van der Waals surface area contributed by atoms with E-state index < -0.39 is 72.3 Å². The summed E-state index contributed by atoms with van der Waals surface area (Å²) in [6, 6.07) is 1.15. The molecule has 2 aromatic heterocycles. The highest BCUT2D eigenvalue weighted by molar-refractivity contribution is 7.09. The van der Waals surface area contributed by atoms with Crippen LogP contribution in [-0.4, -0.2) is 101 Å². The van der Waals surface area contributed by atoms with Gasteiger partial charge in [0, 0.05) is 23.9 Å². The first kappa shape index (κ1) is 42.6. The number of hydrogen-bond donors (Lipinski definition) is 5. The van der Waals surface area contributed by atoms with Crippen LogP contribution in [0.2, 0.25) is 0 Å². The fourth-order valence-electron chi connectivity index (χ4n) is 6.79. The van der Waals surface area contributed by atoms with Crippen molar-refractivity contribution in [2.24, 2.45) is 17.3 Å². The molecule has 6 N–H and O–H groups in total. The SMILES string of the molecule is C/C(=C\c1csc(C)n1)[C@@H]1C[C@@H]2O[C@]2(C)CCC[C@H](C)[C@H](O)[C@@H](C)C(=O)C(C)(C)[C@@H](O)CC(=O)O1.Nc1ccn([C@@H]2O[C@H](CO)[C@@H](O)C2(F)F)c(=O)n1. The van der Waals surface area contributed by atoms with E-state index in [0.29, 0.717) is 11.0 Å². The molecule has 5 rings (SSSR count). The van der Waals surface area contributed by atoms with Crippen LogP contribution in [0, 0.1) is 24.2 Å². The molecule has 3 aliphatic heterocycles. The van der Waals surface area contributed by atoms with Crippen molar-refractivity contribution in [1.29, 1.82) is 0 Å². The number of halogens is 2. The number of carbonyl (C=O) groups is 2. The summed E-state index contributed by atoms with van der Waals surface area (Å²) in [5, 5.41) is 42.7. The third kappa shape index (κ3) is 9.74. The van der Waals surface area contributed by atoms with E-state index in [2.05, 4.69) is 16.9 Å². The maximum atomic E-state index is 13.7. The molecule has 14 nitrogen and oxygen atoms in total. The summed E-state index contributed by atoms with van der Waals surface area (Å²) in [4.78, 5) is 45.3. The molecule has 0 aliphatic carbocycles. The molecule has 17 heteroatoms. The van der Waals surface area contributed by atoms with Crippen molar-refractivity contribution in [3.05, 3.63) is 44.4 Å². The van der Waals surface area contributed by atoms with Gasteiger partial charge in [0.25, 0.3) is 0 Å². The van der Waals surface area contributed by atoms with Crippen molar-refractivity contribution in [3.8, 4) is 0 Å². The van der Waals surface area contributed by atoms with Gasteiger partial charge in [-0.2, -0.15) is 13.8 Å². The number of thiazole rings is 1. The lowest BCUT2D eigenvalue weighted by Crippen LogP contribution is -2.45. The third-order valence-electron chi connectivity index (χ3n) is 10.6. The van der Waals surface area contributed by atoms with Gasteiger partial charge >= 0.3 is 17.6 Å². The Hall–Kier alpha value is -3.19. The maximum Gasteiger partial charge on any atom is 0.351 e. The predicted octanol–water partition coefficient (Wildman–Crippen LogP) is 3.19. The zero-order valence-corrected chi connectivity index (χ0v) is 31.9. The fourth-order valence-corrected chi connectivity index (χ4v) is 7.36. The second-order valence-corrected chi connectivity index (χ2v) is 16.2. The molecule has 296 valence electrons. The van der Waals surface area contributed by atoms with Gasteiger partial charge in [-0.1, -0.05) is 34.1 Å². The molecule has 5 heterocycles. The molecule has 3 saturated heterocycles. The number of esters is 1. The van der Waals surface area contributed by atoms with E-state index in [1.165, 1.54) is 0 Å². The number of cyclic esters (lactones) is 1. The van der Waals surface area contributed by atoms with Gasteiger partial charge in [-0.15, -0.1) is 11.3 Å². The molecule has 0 aromatic carbocycles. The van der Waals surface area contributed by atoms with Crippen LogP contribution in [0.25, 0.3) is 6.08 Å². The highest BCUT2D eigenvalue weighted by Crippen LogP contribution is 2.45. The second-order valence-electron chi connectivity index (χ2n) is 15.1. The normalized spacial score (nSPS) is 35.1. The molecule has 3 aliphatic rings. The number of nitrogens with two attached hydrogens (primary N) is 1. The van der Waals surface area contributed by atoms with E-state index in [9.17, 15) is 38.5 Å². The van der Waals surface area contributed by atoms with Gasteiger partial charge in [-0.25, -0.2) is 9.78 Å². The van der Waals surface area contributed by atoms with E-state index >= 15 is 0 Å². The topological polar surface area (TPSA) is 220 Å². The molecule has 2 aromatic rings. The van der Waals surface area contributed by atoms with Crippen LogP contribution < -0.4 is 11.4 Å². The molecule has 10 atom stereocenters. The lowest BCUT2D eigenvalue weighted by molar-refractivity contribution is -0.154. The van der Waals surface area contributed by atoms with E-state index in [1.807, 2.05) is 32.2 Å². The number of alkyl halides is 2. The summed E-state index contributed by atoms with van der Waals surface area (Å²) in [5.74, 6) is -5.37. The Morgan fingerprint density at radius 1 is 1.15 bits per heavy atom. The summed E-state index contributed by atoms with van der Waals surface area (Å²) in [5.41, 5.74) is 4.39. The third-order valence-corrected chi connectivity index (χ3v) is 11.4. The van der Waals surface area contributed by atoms with Gasteiger partial charge in [0.1, 0.15) is 23.8 Å². The zero-order valence-electron chi connectivity index (χ0n) is 31.1. The Morgan fingerprint density at radius 3 is 2.42 bits per heavy atom. The highest BCUT2D eigenvalue weighted by atomic mass is 32.1. The number of aliphatic hydroxyl groups excluding tert-OH is 4. The predicted molar refractivity (Wildman–Crippen MR) is 191 cm³/mol. The van der Waals surface area contributed by atoms with E-state index in [4.69, 9.17) is 25.1 Å². The first-order valence-corrected chi connectivity index (χ1v) is 18.5. The van der Waals surface area contributed by atoms with Gasteiger partial charge < -0.3 is 40.4 Å². The molecular formula is C36H52F2N4O10S. The average molecular weight is 771 g/mol. The van der Waals surface area contributed by atoms with Gasteiger partial charge in [0.15, 0.2) is 6.10 Å². The molecule has 0 amide bonds. The largest absolute Gasteiger partial charge is 0.458 e. The second kappa shape index (κ2) is 16.7. The lowest BCUT2D eigenvalue weighted by atomic mass is 9.73. The summed E-state index contributed by atoms with van der Waals surface area (Å²) in [6.07, 6.45) is -2.70. The minimum atomic E-state index is -3.71. The molecule has 0 bridgehead atoms. The number of ether oxygens (including phenoxy) is 3. The zero-order chi connectivity index (χ0) is 39.6. The van der Waals surface area contributed by atoms with Crippen molar-refractivity contribution in [3.63, 3.8) is 0 Å². The number of anilines is 1. The molecular weight excluding hydrogens is 718 g/mol. The van der Waals surface area contributed by atoms with Gasteiger partial charge in [-0.05, 0) is 57.2 Å². The number of hydrogen-bond acceptors (Lipinski definition) is 14. The van der Waals surface area contributed by atoms with Crippen LogP contribution in [0.15, 0.2) is 28.0 Å². The van der Waals surface area contributed by atoms with Gasteiger partial charge in [-0.3, -0.25) is 14.2 Å².